The molecular weight excluding hydrogens is 478 g/mol. The Morgan fingerprint density at radius 3 is 1.82 bits per heavy atom. The second kappa shape index (κ2) is 9.30. The first-order chi connectivity index (χ1) is 19.2. The Labute approximate surface area is 226 Å². The lowest BCUT2D eigenvalue weighted by molar-refractivity contribution is 0.989. The topological polar surface area (TPSA) is 56.5 Å². The second-order valence-electron chi connectivity index (χ2n) is 9.67. The molecule has 0 atom stereocenters. The van der Waals surface area contributed by atoms with E-state index in [9.17, 15) is 0 Å². The maximum Gasteiger partial charge on any atom is 0.138 e. The SMILES string of the molecule is Cc1c(C)n(-c2cccc(-c3ccncc3)n2)c2c1ccc1c(-c3cccc(-c4ccncc4)n3)cccc12. The molecule has 7 rings (SSSR count). The fraction of sp³-hybridized carbons (Fsp3) is 0.0588. The number of hydrogen-bond acceptors (Lipinski definition) is 4. The summed E-state index contributed by atoms with van der Waals surface area (Å²) in [6.45, 7) is 4.36. The number of aryl methyl sites for hydroxylation is 1. The van der Waals surface area contributed by atoms with Gasteiger partial charge in [-0.3, -0.25) is 14.5 Å². The molecule has 0 amide bonds. The van der Waals surface area contributed by atoms with Crippen LogP contribution in [0.3, 0.4) is 0 Å². The lowest BCUT2D eigenvalue weighted by Gasteiger charge is -2.13. The van der Waals surface area contributed by atoms with Gasteiger partial charge in [0.1, 0.15) is 5.82 Å². The molecule has 39 heavy (non-hydrogen) atoms. The molecular formula is C34H25N5. The number of aromatic nitrogens is 5. The van der Waals surface area contributed by atoms with Gasteiger partial charge in [0.15, 0.2) is 0 Å². The van der Waals surface area contributed by atoms with Crippen molar-refractivity contribution in [1.82, 2.24) is 24.5 Å². The van der Waals surface area contributed by atoms with Crippen molar-refractivity contribution in [1.29, 1.82) is 0 Å². The molecule has 0 aliphatic rings. The zero-order valence-corrected chi connectivity index (χ0v) is 21.7. The molecule has 5 aromatic heterocycles. The maximum absolute atomic E-state index is 5.09. The van der Waals surface area contributed by atoms with E-state index in [-0.39, 0.29) is 0 Å². The third-order valence-corrected chi connectivity index (χ3v) is 7.48. The molecule has 0 N–H and O–H groups in total. The first-order valence-electron chi connectivity index (χ1n) is 13.0. The van der Waals surface area contributed by atoms with E-state index in [4.69, 9.17) is 9.97 Å². The largest absolute Gasteiger partial charge is 0.298 e. The Kier molecular flexibility index (Phi) is 5.48. The number of fused-ring (bicyclic) bond motifs is 3. The fourth-order valence-electron chi connectivity index (χ4n) is 5.42. The normalized spacial score (nSPS) is 11.3. The molecule has 0 aliphatic heterocycles. The van der Waals surface area contributed by atoms with Crippen LogP contribution in [0.4, 0.5) is 0 Å². The lowest BCUT2D eigenvalue weighted by atomic mass is 9.98. The minimum Gasteiger partial charge on any atom is -0.298 e. The van der Waals surface area contributed by atoms with E-state index in [0.717, 1.165) is 50.5 Å². The Bertz CT molecular complexity index is 1980. The van der Waals surface area contributed by atoms with Crippen molar-refractivity contribution in [3.8, 4) is 39.6 Å². The van der Waals surface area contributed by atoms with Gasteiger partial charge in [0, 0.05) is 57.9 Å². The van der Waals surface area contributed by atoms with E-state index in [2.05, 4.69) is 83.0 Å². The van der Waals surface area contributed by atoms with E-state index in [0.29, 0.717) is 0 Å². The average Bonchev–Trinajstić information content (AvgIpc) is 3.27. The quantitative estimate of drug-likeness (QED) is 0.244. The van der Waals surface area contributed by atoms with E-state index in [1.165, 1.54) is 22.0 Å². The highest BCUT2D eigenvalue weighted by atomic mass is 15.1. The number of rotatable bonds is 4. The summed E-state index contributed by atoms with van der Waals surface area (Å²) in [4.78, 5) is 18.4. The van der Waals surface area contributed by atoms with E-state index in [1.807, 2.05) is 36.4 Å². The van der Waals surface area contributed by atoms with Crippen molar-refractivity contribution in [2.75, 3.05) is 0 Å². The Morgan fingerprint density at radius 1 is 0.513 bits per heavy atom. The van der Waals surface area contributed by atoms with Crippen molar-refractivity contribution >= 4 is 21.7 Å². The molecule has 0 saturated carbocycles. The summed E-state index contributed by atoms with van der Waals surface area (Å²) >= 11 is 0. The summed E-state index contributed by atoms with van der Waals surface area (Å²) in [6.07, 6.45) is 7.21. The molecule has 0 radical (unpaired) electrons. The molecule has 2 aromatic carbocycles. The van der Waals surface area contributed by atoms with E-state index in [1.54, 1.807) is 24.8 Å². The molecule has 0 spiro atoms. The Morgan fingerprint density at radius 2 is 1.10 bits per heavy atom. The van der Waals surface area contributed by atoms with Gasteiger partial charge in [0.2, 0.25) is 0 Å². The maximum atomic E-state index is 5.09. The van der Waals surface area contributed by atoms with Crippen LogP contribution in [0.5, 0.6) is 0 Å². The molecule has 0 aliphatic carbocycles. The fourth-order valence-corrected chi connectivity index (χ4v) is 5.42. The van der Waals surface area contributed by atoms with Crippen molar-refractivity contribution in [2.45, 2.75) is 13.8 Å². The summed E-state index contributed by atoms with van der Waals surface area (Å²) in [7, 11) is 0. The highest BCUT2D eigenvalue weighted by Gasteiger charge is 2.18. The highest BCUT2D eigenvalue weighted by Crippen LogP contribution is 2.38. The van der Waals surface area contributed by atoms with Gasteiger partial charge < -0.3 is 0 Å². The van der Waals surface area contributed by atoms with Crippen molar-refractivity contribution in [2.24, 2.45) is 0 Å². The third kappa shape index (κ3) is 3.87. The first-order valence-corrected chi connectivity index (χ1v) is 13.0. The number of pyridine rings is 4. The zero-order valence-electron chi connectivity index (χ0n) is 21.7. The van der Waals surface area contributed by atoms with E-state index < -0.39 is 0 Å². The van der Waals surface area contributed by atoms with Gasteiger partial charge in [0.25, 0.3) is 0 Å². The minimum absolute atomic E-state index is 0.899. The Hall–Kier alpha value is -5.16. The minimum atomic E-state index is 0.899. The number of nitrogens with zero attached hydrogens (tertiary/aromatic N) is 5. The number of benzene rings is 2. The second-order valence-corrected chi connectivity index (χ2v) is 9.67. The predicted molar refractivity (Wildman–Crippen MR) is 158 cm³/mol. The van der Waals surface area contributed by atoms with Crippen LogP contribution in [-0.2, 0) is 0 Å². The van der Waals surface area contributed by atoms with Gasteiger partial charge in [-0.05, 0) is 73.3 Å². The summed E-state index contributed by atoms with van der Waals surface area (Å²) in [5.74, 6) is 0.899. The molecule has 0 unspecified atom stereocenters. The molecule has 7 aromatic rings. The van der Waals surface area contributed by atoms with Crippen LogP contribution in [0.25, 0.3) is 61.3 Å². The van der Waals surface area contributed by atoms with Crippen LogP contribution in [0.15, 0.2) is 116 Å². The van der Waals surface area contributed by atoms with Crippen LogP contribution in [0, 0.1) is 13.8 Å². The number of hydrogen-bond donors (Lipinski definition) is 0. The molecule has 5 heterocycles. The van der Waals surface area contributed by atoms with Crippen LogP contribution in [0.1, 0.15) is 11.3 Å². The molecule has 0 saturated heterocycles. The molecule has 5 nitrogen and oxygen atoms in total. The van der Waals surface area contributed by atoms with Gasteiger partial charge in [-0.15, -0.1) is 0 Å². The monoisotopic (exact) mass is 503 g/mol. The van der Waals surface area contributed by atoms with Crippen LogP contribution in [-0.4, -0.2) is 24.5 Å². The highest BCUT2D eigenvalue weighted by molar-refractivity contribution is 6.12. The van der Waals surface area contributed by atoms with Gasteiger partial charge in [-0.25, -0.2) is 9.97 Å². The standard InChI is InChI=1S/C34H25N5/c1-22-23(2)39(33-11-5-9-31(38-33)25-16-20-36-21-17-25)34-26(22)12-13-27-28(6-3-7-29(27)34)32-10-4-8-30(37-32)24-14-18-35-19-15-24/h3-21H,1-2H3. The van der Waals surface area contributed by atoms with Gasteiger partial charge in [-0.1, -0.05) is 42.5 Å². The molecule has 186 valence electrons. The van der Waals surface area contributed by atoms with Crippen LogP contribution >= 0.6 is 0 Å². The predicted octanol–water partition coefficient (Wildman–Crippen LogP) is 7.98. The average molecular weight is 504 g/mol. The molecule has 0 bridgehead atoms. The van der Waals surface area contributed by atoms with Crippen molar-refractivity contribution < 1.29 is 0 Å². The summed E-state index contributed by atoms with van der Waals surface area (Å²) in [6, 6.07) is 31.3. The molecule has 0 fully saturated rings. The zero-order chi connectivity index (χ0) is 26.3. The summed E-state index contributed by atoms with van der Waals surface area (Å²) in [5, 5.41) is 3.56. The molecule has 5 heteroatoms. The van der Waals surface area contributed by atoms with Crippen molar-refractivity contribution in [3.63, 3.8) is 0 Å². The Balaban J connectivity index is 1.45. The van der Waals surface area contributed by atoms with Crippen molar-refractivity contribution in [3.05, 3.63) is 127 Å². The first kappa shape index (κ1) is 23.0. The summed E-state index contributed by atoms with van der Waals surface area (Å²) < 4.78 is 2.29. The van der Waals surface area contributed by atoms with E-state index >= 15 is 0 Å². The van der Waals surface area contributed by atoms with Gasteiger partial charge in [-0.2, -0.15) is 0 Å². The lowest BCUT2D eigenvalue weighted by Crippen LogP contribution is -2.01. The van der Waals surface area contributed by atoms with Crippen LogP contribution < -0.4 is 0 Å². The third-order valence-electron chi connectivity index (χ3n) is 7.48. The van der Waals surface area contributed by atoms with Gasteiger partial charge >= 0.3 is 0 Å². The summed E-state index contributed by atoms with van der Waals surface area (Å²) in [5.41, 5.74) is 9.59. The smallest absolute Gasteiger partial charge is 0.138 e. The van der Waals surface area contributed by atoms with Gasteiger partial charge in [0.05, 0.1) is 22.6 Å². The van der Waals surface area contributed by atoms with Crippen LogP contribution in [0.2, 0.25) is 0 Å².